The Hall–Kier alpha value is -1.87. The highest BCUT2D eigenvalue weighted by Gasteiger charge is 2.29. The van der Waals surface area contributed by atoms with E-state index >= 15 is 0 Å². The monoisotopic (exact) mass is 349 g/mol. The van der Waals surface area contributed by atoms with Crippen molar-refractivity contribution in [3.8, 4) is 11.1 Å². The maximum Gasteiger partial charge on any atom is 0.0568 e. The van der Waals surface area contributed by atoms with Gasteiger partial charge in [-0.05, 0) is 55.2 Å². The Labute approximate surface area is 157 Å². The van der Waals surface area contributed by atoms with E-state index in [0.29, 0.717) is 5.92 Å². The first-order valence-corrected chi connectivity index (χ1v) is 10.2. The molecule has 2 aromatic rings. The zero-order valence-electron chi connectivity index (χ0n) is 16.1. The van der Waals surface area contributed by atoms with Gasteiger partial charge in [0.15, 0.2) is 0 Å². The van der Waals surface area contributed by atoms with Crippen molar-refractivity contribution < 1.29 is 0 Å². The molecule has 2 heterocycles. The van der Waals surface area contributed by atoms with Crippen molar-refractivity contribution in [1.82, 2.24) is 15.1 Å². The molecule has 0 spiro atoms. The summed E-state index contributed by atoms with van der Waals surface area (Å²) in [6.07, 6.45) is 13.2. The Kier molecular flexibility index (Phi) is 5.26. The first-order chi connectivity index (χ1) is 12.7. The van der Waals surface area contributed by atoms with E-state index in [0.717, 1.165) is 25.0 Å². The lowest BCUT2D eigenvalue weighted by Gasteiger charge is -2.37. The predicted octanol–water partition coefficient (Wildman–Crippen LogP) is 5.14. The Morgan fingerprint density at radius 2 is 2.00 bits per heavy atom. The number of benzene rings is 1. The Balaban J connectivity index is 1.43. The number of nitrogens with zero attached hydrogens (tertiary/aromatic N) is 2. The Morgan fingerprint density at radius 1 is 1.19 bits per heavy atom. The zero-order valence-corrected chi connectivity index (χ0v) is 16.1. The summed E-state index contributed by atoms with van der Waals surface area (Å²) >= 11 is 0. The van der Waals surface area contributed by atoms with Gasteiger partial charge < -0.3 is 5.32 Å². The van der Waals surface area contributed by atoms with Crippen LogP contribution < -0.4 is 5.32 Å². The van der Waals surface area contributed by atoms with Gasteiger partial charge in [-0.3, -0.25) is 4.68 Å². The molecule has 3 nitrogen and oxygen atoms in total. The second-order valence-corrected chi connectivity index (χ2v) is 8.48. The SMILES string of the molecule is CC(C)Cn1cc(-c2ccc(C=C3CCNC(C4CCC4)C3)cc2)cn1. The molecule has 1 saturated carbocycles. The first kappa shape index (κ1) is 17.5. The Morgan fingerprint density at radius 3 is 2.69 bits per heavy atom. The van der Waals surface area contributed by atoms with E-state index in [1.54, 1.807) is 5.57 Å². The van der Waals surface area contributed by atoms with Crippen molar-refractivity contribution in [3.05, 3.63) is 47.8 Å². The third-order valence-corrected chi connectivity index (χ3v) is 5.85. The molecular weight excluding hydrogens is 318 g/mol. The highest BCUT2D eigenvalue weighted by atomic mass is 15.3. The molecule has 2 fully saturated rings. The highest BCUT2D eigenvalue weighted by Crippen LogP contribution is 2.34. The van der Waals surface area contributed by atoms with Crippen LogP contribution in [-0.2, 0) is 6.54 Å². The molecule has 138 valence electrons. The standard InChI is InChI=1S/C23H31N3/c1-17(2)15-26-16-22(14-25-26)20-8-6-18(7-9-20)12-19-10-11-24-23(13-19)21-4-3-5-21/h6-9,12,14,16-17,21,23-24H,3-5,10-11,13,15H2,1-2H3. The quantitative estimate of drug-likeness (QED) is 0.810. The van der Waals surface area contributed by atoms with Gasteiger partial charge in [0.1, 0.15) is 0 Å². The summed E-state index contributed by atoms with van der Waals surface area (Å²) in [7, 11) is 0. The molecule has 0 radical (unpaired) electrons. The summed E-state index contributed by atoms with van der Waals surface area (Å²) in [6.45, 7) is 6.56. The third-order valence-electron chi connectivity index (χ3n) is 5.85. The molecule has 1 aromatic carbocycles. The van der Waals surface area contributed by atoms with E-state index in [9.17, 15) is 0 Å². The van der Waals surface area contributed by atoms with Crippen molar-refractivity contribution in [3.63, 3.8) is 0 Å². The summed E-state index contributed by atoms with van der Waals surface area (Å²) in [5, 5.41) is 8.22. The summed E-state index contributed by atoms with van der Waals surface area (Å²) in [6, 6.07) is 9.68. The van der Waals surface area contributed by atoms with Gasteiger partial charge in [0, 0.05) is 24.3 Å². The molecule has 1 N–H and O–H groups in total. The molecular formula is C23H31N3. The summed E-state index contributed by atoms with van der Waals surface area (Å²) < 4.78 is 2.05. The normalized spacial score (nSPS) is 22.7. The largest absolute Gasteiger partial charge is 0.313 e. The predicted molar refractivity (Wildman–Crippen MR) is 109 cm³/mol. The molecule has 1 aliphatic carbocycles. The van der Waals surface area contributed by atoms with E-state index in [1.165, 1.54) is 48.8 Å². The van der Waals surface area contributed by atoms with Crippen LogP contribution in [0.15, 0.2) is 42.2 Å². The minimum atomic E-state index is 0.616. The van der Waals surface area contributed by atoms with Gasteiger partial charge in [0.2, 0.25) is 0 Å². The van der Waals surface area contributed by atoms with Crippen LogP contribution in [0, 0.1) is 11.8 Å². The lowest BCUT2D eigenvalue weighted by molar-refractivity contribution is 0.217. The summed E-state index contributed by atoms with van der Waals surface area (Å²) in [5.74, 6) is 1.54. The smallest absolute Gasteiger partial charge is 0.0568 e. The zero-order chi connectivity index (χ0) is 17.9. The van der Waals surface area contributed by atoms with Crippen molar-refractivity contribution >= 4 is 6.08 Å². The molecule has 1 aromatic heterocycles. The molecule has 1 unspecified atom stereocenters. The van der Waals surface area contributed by atoms with E-state index in [1.807, 2.05) is 10.9 Å². The van der Waals surface area contributed by atoms with Crippen molar-refractivity contribution in [1.29, 1.82) is 0 Å². The van der Waals surface area contributed by atoms with Crippen LogP contribution in [-0.4, -0.2) is 22.4 Å². The van der Waals surface area contributed by atoms with Crippen LogP contribution in [0.4, 0.5) is 0 Å². The van der Waals surface area contributed by atoms with Crippen LogP contribution in [0.1, 0.15) is 51.5 Å². The van der Waals surface area contributed by atoms with Crippen LogP contribution in [0.3, 0.4) is 0 Å². The van der Waals surface area contributed by atoms with E-state index < -0.39 is 0 Å². The summed E-state index contributed by atoms with van der Waals surface area (Å²) in [4.78, 5) is 0. The molecule has 26 heavy (non-hydrogen) atoms. The van der Waals surface area contributed by atoms with Gasteiger partial charge in [-0.1, -0.05) is 56.2 Å². The van der Waals surface area contributed by atoms with Crippen molar-refractivity contribution in [2.24, 2.45) is 11.8 Å². The number of piperidine rings is 1. The van der Waals surface area contributed by atoms with E-state index in [2.05, 4.69) is 60.8 Å². The van der Waals surface area contributed by atoms with Crippen LogP contribution in [0.5, 0.6) is 0 Å². The number of hydrogen-bond acceptors (Lipinski definition) is 2. The molecule has 4 rings (SSSR count). The van der Waals surface area contributed by atoms with Crippen molar-refractivity contribution in [2.75, 3.05) is 6.54 Å². The van der Waals surface area contributed by atoms with Gasteiger partial charge in [-0.15, -0.1) is 0 Å². The first-order valence-electron chi connectivity index (χ1n) is 10.2. The van der Waals surface area contributed by atoms with Crippen molar-refractivity contribution in [2.45, 2.75) is 58.5 Å². The Bertz CT molecular complexity index is 750. The molecule has 1 atom stereocenters. The minimum absolute atomic E-state index is 0.616. The van der Waals surface area contributed by atoms with Gasteiger partial charge >= 0.3 is 0 Å². The van der Waals surface area contributed by atoms with E-state index in [-0.39, 0.29) is 0 Å². The number of hydrogen-bond donors (Lipinski definition) is 1. The lowest BCUT2D eigenvalue weighted by Crippen LogP contribution is -2.43. The second kappa shape index (κ2) is 7.79. The van der Waals surface area contributed by atoms with Gasteiger partial charge in [-0.2, -0.15) is 5.10 Å². The fraction of sp³-hybridized carbons (Fsp3) is 0.522. The molecule has 2 aliphatic rings. The molecule has 1 aliphatic heterocycles. The molecule has 1 saturated heterocycles. The maximum atomic E-state index is 4.48. The second-order valence-electron chi connectivity index (χ2n) is 8.48. The van der Waals surface area contributed by atoms with Gasteiger partial charge in [0.05, 0.1) is 6.20 Å². The third kappa shape index (κ3) is 4.09. The van der Waals surface area contributed by atoms with Gasteiger partial charge in [-0.25, -0.2) is 0 Å². The minimum Gasteiger partial charge on any atom is -0.313 e. The van der Waals surface area contributed by atoms with Crippen LogP contribution >= 0.6 is 0 Å². The van der Waals surface area contributed by atoms with Crippen LogP contribution in [0.2, 0.25) is 0 Å². The molecule has 3 heteroatoms. The highest BCUT2D eigenvalue weighted by molar-refractivity contribution is 5.65. The molecule has 0 bridgehead atoms. The summed E-state index contributed by atoms with van der Waals surface area (Å²) in [5.41, 5.74) is 5.39. The fourth-order valence-electron chi connectivity index (χ4n) is 4.18. The van der Waals surface area contributed by atoms with E-state index in [4.69, 9.17) is 0 Å². The average Bonchev–Trinajstić information content (AvgIpc) is 3.02. The van der Waals surface area contributed by atoms with Gasteiger partial charge in [0.25, 0.3) is 0 Å². The number of rotatable bonds is 5. The maximum absolute atomic E-state index is 4.48. The fourth-order valence-corrected chi connectivity index (χ4v) is 4.18. The molecule has 0 amide bonds. The topological polar surface area (TPSA) is 29.9 Å². The average molecular weight is 350 g/mol. The van der Waals surface area contributed by atoms with Crippen LogP contribution in [0.25, 0.3) is 17.2 Å². The number of aromatic nitrogens is 2. The lowest BCUT2D eigenvalue weighted by atomic mass is 9.76. The number of nitrogens with one attached hydrogen (secondary N) is 1.